The van der Waals surface area contributed by atoms with E-state index in [4.69, 9.17) is 21.6 Å². The molecule has 0 aliphatic rings. The minimum Gasteiger partial charge on any atom is -0.508 e. The van der Waals surface area contributed by atoms with Crippen LogP contribution in [0.25, 0.3) is 0 Å². The van der Waals surface area contributed by atoms with Gasteiger partial charge in [0.25, 0.3) is 0 Å². The van der Waals surface area contributed by atoms with E-state index in [1.165, 1.54) is 19.2 Å². The Balaban J connectivity index is 2.96. The van der Waals surface area contributed by atoms with Crippen LogP contribution in [-0.4, -0.2) is 18.1 Å². The zero-order valence-corrected chi connectivity index (χ0v) is 7.25. The Morgan fingerprint density at radius 1 is 1.42 bits per heavy atom. The van der Waals surface area contributed by atoms with Gasteiger partial charge >= 0.3 is 0 Å². The number of phenolic OH excluding ortho intramolecular Hbond substituents is 1. The van der Waals surface area contributed by atoms with Crippen LogP contribution in [0.3, 0.4) is 0 Å². The highest BCUT2D eigenvalue weighted by Gasteiger charge is 2.01. The molecule has 0 spiro atoms. The van der Waals surface area contributed by atoms with E-state index < -0.39 is 0 Å². The van der Waals surface area contributed by atoms with E-state index in [1.807, 2.05) is 0 Å². The summed E-state index contributed by atoms with van der Waals surface area (Å²) in [5, 5.41) is 8.97. The summed E-state index contributed by atoms with van der Waals surface area (Å²) in [6.07, 6.45) is 0. The molecule has 0 aromatic heterocycles. The highest BCUT2D eigenvalue weighted by molar-refractivity contribution is 6.21. The van der Waals surface area contributed by atoms with Gasteiger partial charge in [-0.15, -0.1) is 4.51 Å². The smallest absolute Gasteiger partial charge is 0.233 e. The SMILES string of the molecule is COC(=NCl)c1ccc(O)cc1. The normalized spacial score (nSPS) is 11.3. The quantitative estimate of drug-likeness (QED) is 0.537. The molecule has 0 saturated heterocycles. The molecule has 4 heteroatoms. The summed E-state index contributed by atoms with van der Waals surface area (Å²) < 4.78 is 8.25. The second-order valence-electron chi connectivity index (χ2n) is 2.14. The van der Waals surface area contributed by atoms with Crippen LogP contribution < -0.4 is 0 Å². The van der Waals surface area contributed by atoms with E-state index in [1.54, 1.807) is 12.1 Å². The van der Waals surface area contributed by atoms with E-state index in [-0.39, 0.29) is 5.75 Å². The predicted octanol–water partition coefficient (Wildman–Crippen LogP) is 1.94. The third kappa shape index (κ3) is 1.89. The molecule has 0 unspecified atom stereocenters. The number of hydrogen-bond acceptors (Lipinski definition) is 3. The van der Waals surface area contributed by atoms with Crippen LogP contribution in [0.5, 0.6) is 5.75 Å². The lowest BCUT2D eigenvalue weighted by molar-refractivity contribution is 0.406. The zero-order chi connectivity index (χ0) is 8.97. The molecule has 1 N–H and O–H groups in total. The fourth-order valence-corrected chi connectivity index (χ4v) is 0.972. The second kappa shape index (κ2) is 3.97. The number of hydrogen-bond donors (Lipinski definition) is 1. The molecule has 0 saturated carbocycles. The van der Waals surface area contributed by atoms with Crippen molar-refractivity contribution in [3.05, 3.63) is 29.8 Å². The van der Waals surface area contributed by atoms with E-state index in [0.717, 1.165) is 5.56 Å². The largest absolute Gasteiger partial charge is 0.508 e. The van der Waals surface area contributed by atoms with Crippen molar-refractivity contribution in [2.45, 2.75) is 0 Å². The second-order valence-corrected chi connectivity index (χ2v) is 2.31. The van der Waals surface area contributed by atoms with Crippen LogP contribution in [0.4, 0.5) is 0 Å². The first-order valence-electron chi connectivity index (χ1n) is 3.30. The van der Waals surface area contributed by atoms with Crippen LogP contribution >= 0.6 is 11.8 Å². The van der Waals surface area contributed by atoms with Crippen molar-refractivity contribution < 1.29 is 9.84 Å². The fraction of sp³-hybridized carbons (Fsp3) is 0.125. The van der Waals surface area contributed by atoms with Crippen molar-refractivity contribution in [2.75, 3.05) is 7.11 Å². The number of phenols is 1. The molecular formula is C8H8ClNO2. The van der Waals surface area contributed by atoms with Crippen LogP contribution in [0.2, 0.25) is 0 Å². The zero-order valence-electron chi connectivity index (χ0n) is 6.49. The van der Waals surface area contributed by atoms with E-state index in [2.05, 4.69) is 4.51 Å². The monoisotopic (exact) mass is 185 g/mol. The minimum absolute atomic E-state index is 0.198. The molecule has 0 amide bonds. The summed E-state index contributed by atoms with van der Waals surface area (Å²) in [6, 6.07) is 6.41. The number of aromatic hydroxyl groups is 1. The van der Waals surface area contributed by atoms with Gasteiger partial charge in [0.2, 0.25) is 5.90 Å². The highest BCUT2D eigenvalue weighted by atomic mass is 35.5. The fourth-order valence-electron chi connectivity index (χ4n) is 0.805. The van der Waals surface area contributed by atoms with Gasteiger partial charge in [0.15, 0.2) is 0 Å². The summed E-state index contributed by atoms with van der Waals surface area (Å²) in [7, 11) is 1.48. The van der Waals surface area contributed by atoms with Gasteiger partial charge in [-0.1, -0.05) is 0 Å². The third-order valence-electron chi connectivity index (χ3n) is 1.38. The summed E-state index contributed by atoms with van der Waals surface area (Å²) in [5.41, 5.74) is 0.727. The van der Waals surface area contributed by atoms with Crippen molar-refractivity contribution in [1.82, 2.24) is 0 Å². The summed E-state index contributed by atoms with van der Waals surface area (Å²) in [4.78, 5) is 0. The molecular weight excluding hydrogens is 178 g/mol. The Morgan fingerprint density at radius 3 is 2.42 bits per heavy atom. The van der Waals surface area contributed by atoms with Crippen molar-refractivity contribution in [3.63, 3.8) is 0 Å². The van der Waals surface area contributed by atoms with E-state index in [9.17, 15) is 0 Å². The van der Waals surface area contributed by atoms with Crippen LogP contribution in [-0.2, 0) is 4.74 Å². The molecule has 12 heavy (non-hydrogen) atoms. The molecule has 1 aromatic carbocycles. The number of rotatable bonds is 1. The third-order valence-corrected chi connectivity index (χ3v) is 1.54. The average molecular weight is 186 g/mol. The molecule has 0 atom stereocenters. The Bertz CT molecular complexity index is 282. The van der Waals surface area contributed by atoms with Gasteiger partial charge in [0.1, 0.15) is 5.75 Å². The van der Waals surface area contributed by atoms with Crippen LogP contribution in [0.1, 0.15) is 5.56 Å². The highest BCUT2D eigenvalue weighted by Crippen LogP contribution is 2.11. The van der Waals surface area contributed by atoms with Gasteiger partial charge in [0, 0.05) is 17.3 Å². The predicted molar refractivity (Wildman–Crippen MR) is 47.5 cm³/mol. The number of halogens is 1. The van der Waals surface area contributed by atoms with Gasteiger partial charge < -0.3 is 9.84 Å². The summed E-state index contributed by atoms with van der Waals surface area (Å²) in [6.45, 7) is 0. The maximum atomic E-state index is 8.97. The standard InChI is InChI=1S/C8H8ClNO2/c1-12-8(10-9)6-2-4-7(11)5-3-6/h2-5,11H,1H3. The van der Waals surface area contributed by atoms with Crippen molar-refractivity contribution in [3.8, 4) is 5.75 Å². The van der Waals surface area contributed by atoms with E-state index >= 15 is 0 Å². The summed E-state index contributed by atoms with van der Waals surface area (Å²) in [5.74, 6) is 0.528. The maximum absolute atomic E-state index is 8.97. The average Bonchev–Trinajstić information content (AvgIpc) is 2.10. The van der Waals surface area contributed by atoms with Crippen LogP contribution in [0.15, 0.2) is 28.8 Å². The maximum Gasteiger partial charge on any atom is 0.233 e. The molecule has 0 radical (unpaired) electrons. The molecule has 0 heterocycles. The van der Waals surface area contributed by atoms with Gasteiger partial charge in [-0.05, 0) is 24.3 Å². The minimum atomic E-state index is 0.198. The van der Waals surface area contributed by atoms with Crippen LogP contribution in [0, 0.1) is 0 Å². The number of ether oxygens (including phenoxy) is 1. The summed E-state index contributed by atoms with van der Waals surface area (Å²) >= 11 is 5.24. The molecule has 0 aliphatic heterocycles. The first-order chi connectivity index (χ1) is 5.77. The lowest BCUT2D eigenvalue weighted by atomic mass is 10.2. The molecule has 0 fully saturated rings. The number of benzene rings is 1. The lowest BCUT2D eigenvalue weighted by Gasteiger charge is -2.01. The Morgan fingerprint density at radius 2 is 2.00 bits per heavy atom. The van der Waals surface area contributed by atoms with Gasteiger partial charge in [0.05, 0.1) is 7.11 Å². The Labute approximate surface area is 75.4 Å². The topological polar surface area (TPSA) is 41.8 Å². The molecule has 0 bridgehead atoms. The first kappa shape index (κ1) is 8.87. The van der Waals surface area contributed by atoms with Gasteiger partial charge in [-0.3, -0.25) is 0 Å². The van der Waals surface area contributed by atoms with Crippen molar-refractivity contribution in [1.29, 1.82) is 0 Å². The van der Waals surface area contributed by atoms with Gasteiger partial charge in [-0.25, -0.2) is 0 Å². The Kier molecular flexibility index (Phi) is 2.94. The van der Waals surface area contributed by atoms with E-state index in [0.29, 0.717) is 5.90 Å². The molecule has 0 aliphatic carbocycles. The van der Waals surface area contributed by atoms with Gasteiger partial charge in [-0.2, -0.15) is 0 Å². The number of nitrogens with zero attached hydrogens (tertiary/aromatic N) is 1. The molecule has 3 nitrogen and oxygen atoms in total. The number of methoxy groups -OCH3 is 1. The first-order valence-corrected chi connectivity index (χ1v) is 3.64. The van der Waals surface area contributed by atoms with Crippen molar-refractivity contribution >= 4 is 17.7 Å². The molecule has 1 aromatic rings. The molecule has 1 rings (SSSR count). The lowest BCUT2D eigenvalue weighted by Crippen LogP contribution is -2.01. The van der Waals surface area contributed by atoms with Crippen molar-refractivity contribution in [2.24, 2.45) is 4.51 Å². The Hall–Kier alpha value is -1.22. The molecule has 64 valence electrons.